The molecule has 5 heteroatoms. The summed E-state index contributed by atoms with van der Waals surface area (Å²) in [6.45, 7) is 3.66. The van der Waals surface area contributed by atoms with E-state index < -0.39 is 11.5 Å². The van der Waals surface area contributed by atoms with Crippen LogP contribution < -0.4 is 10.5 Å². The summed E-state index contributed by atoms with van der Waals surface area (Å²) >= 11 is 5.89. The van der Waals surface area contributed by atoms with Gasteiger partial charge in [0, 0.05) is 18.1 Å². The Morgan fingerprint density at radius 3 is 2.53 bits per heavy atom. The van der Waals surface area contributed by atoms with Crippen molar-refractivity contribution in [3.63, 3.8) is 0 Å². The maximum absolute atomic E-state index is 9.62. The fourth-order valence-corrected chi connectivity index (χ4v) is 1.70. The highest BCUT2D eigenvalue weighted by Crippen LogP contribution is 2.39. The molecule has 4 N–H and O–H groups in total. The first-order valence-electron chi connectivity index (χ1n) is 5.26. The summed E-state index contributed by atoms with van der Waals surface area (Å²) in [6.07, 6.45) is 0. The van der Waals surface area contributed by atoms with Crippen molar-refractivity contribution >= 4 is 11.6 Å². The Morgan fingerprint density at radius 2 is 2.06 bits per heavy atom. The van der Waals surface area contributed by atoms with Crippen LogP contribution in [-0.2, 0) is 0 Å². The molecule has 0 saturated heterocycles. The summed E-state index contributed by atoms with van der Waals surface area (Å²) in [5, 5.41) is 19.1. The fraction of sp³-hybridized carbons (Fsp3) is 0.500. The average Bonchev–Trinajstić information content (AvgIpc) is 2.31. The second-order valence-electron chi connectivity index (χ2n) is 4.68. The number of phenolic OH excluding ortho intramolecular Hbond substituents is 1. The topological polar surface area (TPSA) is 75.7 Å². The predicted octanol–water partition coefficient (Wildman–Crippen LogP) is 2.07. The largest absolute Gasteiger partial charge is 0.503 e. The van der Waals surface area contributed by atoms with Crippen molar-refractivity contribution in [3.05, 3.63) is 22.7 Å². The van der Waals surface area contributed by atoms with Crippen molar-refractivity contribution in [2.24, 2.45) is 11.1 Å². The van der Waals surface area contributed by atoms with E-state index in [4.69, 9.17) is 22.1 Å². The Kier molecular flexibility index (Phi) is 4.25. The summed E-state index contributed by atoms with van der Waals surface area (Å²) < 4.78 is 5.01. The first-order valence-corrected chi connectivity index (χ1v) is 5.64. The van der Waals surface area contributed by atoms with E-state index in [0.717, 1.165) is 0 Å². The number of methoxy groups -OCH3 is 1. The standard InChI is InChI=1S/C12H18ClNO3/c1-12(2,6-15)11(14)7-4-8(13)10(16)9(5-7)17-3/h4-5,11,15-16H,6,14H2,1-3H3/t11-/m1/s1. The van der Waals surface area contributed by atoms with Crippen LogP contribution in [-0.4, -0.2) is 23.9 Å². The molecule has 0 aromatic heterocycles. The second kappa shape index (κ2) is 5.12. The van der Waals surface area contributed by atoms with Crippen molar-refractivity contribution in [1.29, 1.82) is 0 Å². The number of hydrogen-bond donors (Lipinski definition) is 3. The molecular formula is C12H18ClNO3. The minimum absolute atomic E-state index is 0.0466. The lowest BCUT2D eigenvalue weighted by Gasteiger charge is -2.30. The van der Waals surface area contributed by atoms with Crippen LogP contribution in [0.15, 0.2) is 12.1 Å². The van der Waals surface area contributed by atoms with E-state index >= 15 is 0 Å². The highest BCUT2D eigenvalue weighted by atomic mass is 35.5. The molecule has 0 bridgehead atoms. The van der Waals surface area contributed by atoms with E-state index in [9.17, 15) is 10.2 Å². The van der Waals surface area contributed by atoms with E-state index in [1.54, 1.807) is 12.1 Å². The molecule has 0 spiro atoms. The van der Waals surface area contributed by atoms with Crippen molar-refractivity contribution in [2.45, 2.75) is 19.9 Å². The van der Waals surface area contributed by atoms with E-state index in [-0.39, 0.29) is 23.1 Å². The van der Waals surface area contributed by atoms with Crippen LogP contribution in [0.1, 0.15) is 25.5 Å². The highest BCUT2D eigenvalue weighted by molar-refractivity contribution is 6.32. The van der Waals surface area contributed by atoms with Crippen LogP contribution in [0.2, 0.25) is 5.02 Å². The molecule has 0 unspecified atom stereocenters. The van der Waals surface area contributed by atoms with E-state index in [2.05, 4.69) is 0 Å². The highest BCUT2D eigenvalue weighted by Gasteiger charge is 2.28. The minimum atomic E-state index is -0.481. The molecule has 0 fully saturated rings. The molecule has 0 aliphatic carbocycles. The molecular weight excluding hydrogens is 242 g/mol. The third-order valence-corrected chi connectivity index (χ3v) is 3.17. The zero-order chi connectivity index (χ0) is 13.2. The molecule has 1 aromatic rings. The smallest absolute Gasteiger partial charge is 0.176 e. The number of ether oxygens (including phenoxy) is 1. The van der Waals surface area contributed by atoms with Gasteiger partial charge in [-0.05, 0) is 17.7 Å². The number of nitrogens with two attached hydrogens (primary N) is 1. The Labute approximate surface area is 106 Å². The predicted molar refractivity (Wildman–Crippen MR) is 67.5 cm³/mol. The quantitative estimate of drug-likeness (QED) is 0.774. The lowest BCUT2D eigenvalue weighted by molar-refractivity contribution is 0.132. The third kappa shape index (κ3) is 2.83. The zero-order valence-corrected chi connectivity index (χ0v) is 11.0. The Bertz CT molecular complexity index is 407. The van der Waals surface area contributed by atoms with Gasteiger partial charge in [-0.3, -0.25) is 0 Å². The molecule has 96 valence electrons. The average molecular weight is 260 g/mol. The number of aromatic hydroxyl groups is 1. The molecule has 0 aliphatic rings. The molecule has 1 rings (SSSR count). The third-order valence-electron chi connectivity index (χ3n) is 2.88. The lowest BCUT2D eigenvalue weighted by atomic mass is 9.82. The van der Waals surface area contributed by atoms with Crippen LogP contribution >= 0.6 is 11.6 Å². The van der Waals surface area contributed by atoms with E-state index in [1.165, 1.54) is 7.11 Å². The van der Waals surface area contributed by atoms with Gasteiger partial charge in [-0.25, -0.2) is 0 Å². The zero-order valence-electron chi connectivity index (χ0n) is 10.2. The number of rotatable bonds is 4. The van der Waals surface area contributed by atoms with E-state index in [1.807, 2.05) is 13.8 Å². The molecule has 0 aliphatic heterocycles. The molecule has 0 radical (unpaired) electrons. The molecule has 0 heterocycles. The van der Waals surface area contributed by atoms with Gasteiger partial charge in [0.2, 0.25) is 0 Å². The van der Waals surface area contributed by atoms with Crippen LogP contribution in [0.25, 0.3) is 0 Å². The number of benzene rings is 1. The van der Waals surface area contributed by atoms with Gasteiger partial charge in [-0.15, -0.1) is 0 Å². The van der Waals surface area contributed by atoms with Crippen molar-refractivity contribution in [1.82, 2.24) is 0 Å². The molecule has 1 atom stereocenters. The Balaban J connectivity index is 3.20. The van der Waals surface area contributed by atoms with Gasteiger partial charge < -0.3 is 20.7 Å². The van der Waals surface area contributed by atoms with Crippen LogP contribution in [0.4, 0.5) is 0 Å². The van der Waals surface area contributed by atoms with Gasteiger partial charge >= 0.3 is 0 Å². The second-order valence-corrected chi connectivity index (χ2v) is 5.09. The molecule has 17 heavy (non-hydrogen) atoms. The summed E-state index contributed by atoms with van der Waals surface area (Å²) in [4.78, 5) is 0. The number of aliphatic hydroxyl groups is 1. The summed E-state index contributed by atoms with van der Waals surface area (Å²) in [5.74, 6) is 0.170. The van der Waals surface area contributed by atoms with Gasteiger partial charge in [0.1, 0.15) is 0 Å². The van der Waals surface area contributed by atoms with Crippen LogP contribution in [0, 0.1) is 5.41 Å². The normalized spacial score (nSPS) is 13.5. The first kappa shape index (κ1) is 14.1. The van der Waals surface area contributed by atoms with Crippen molar-refractivity contribution in [2.75, 3.05) is 13.7 Å². The molecule has 0 amide bonds. The fourth-order valence-electron chi connectivity index (χ4n) is 1.48. The van der Waals surface area contributed by atoms with Gasteiger partial charge in [0.25, 0.3) is 0 Å². The number of halogens is 1. The summed E-state index contributed by atoms with van der Waals surface area (Å²) in [7, 11) is 1.44. The SMILES string of the molecule is COc1cc([C@@H](N)C(C)(C)CO)cc(Cl)c1O. The summed E-state index contributed by atoms with van der Waals surface area (Å²) in [6, 6.07) is 2.81. The summed E-state index contributed by atoms with van der Waals surface area (Å²) in [5.41, 5.74) is 6.30. The Hall–Kier alpha value is -0.970. The first-order chi connectivity index (χ1) is 7.83. The number of phenols is 1. The van der Waals surface area contributed by atoms with Crippen molar-refractivity contribution < 1.29 is 14.9 Å². The number of aliphatic hydroxyl groups excluding tert-OH is 1. The number of hydrogen-bond acceptors (Lipinski definition) is 4. The van der Waals surface area contributed by atoms with Gasteiger partial charge in [0.05, 0.1) is 12.1 Å². The van der Waals surface area contributed by atoms with Gasteiger partial charge in [-0.2, -0.15) is 0 Å². The monoisotopic (exact) mass is 259 g/mol. The molecule has 0 saturated carbocycles. The van der Waals surface area contributed by atoms with Gasteiger partial charge in [-0.1, -0.05) is 25.4 Å². The minimum Gasteiger partial charge on any atom is -0.503 e. The Morgan fingerprint density at radius 1 is 1.47 bits per heavy atom. The molecule has 1 aromatic carbocycles. The maximum Gasteiger partial charge on any atom is 0.176 e. The maximum atomic E-state index is 9.62. The van der Waals surface area contributed by atoms with Gasteiger partial charge in [0.15, 0.2) is 11.5 Å². The van der Waals surface area contributed by atoms with Crippen molar-refractivity contribution in [3.8, 4) is 11.5 Å². The lowest BCUT2D eigenvalue weighted by Crippen LogP contribution is -2.32. The van der Waals surface area contributed by atoms with Crippen LogP contribution in [0.3, 0.4) is 0 Å². The molecule has 4 nitrogen and oxygen atoms in total. The van der Waals surface area contributed by atoms with Crippen LogP contribution in [0.5, 0.6) is 11.5 Å². The van der Waals surface area contributed by atoms with E-state index in [0.29, 0.717) is 5.56 Å².